The molecule has 11 heteroatoms. The molecule has 0 aromatic carbocycles. The maximum Gasteiger partial charge on any atom is 0.252 e. The first-order valence-electron chi connectivity index (χ1n) is 11.9. The molecule has 3 heterocycles. The highest BCUT2D eigenvalue weighted by atomic mass is 32.2. The van der Waals surface area contributed by atoms with Crippen molar-refractivity contribution in [2.45, 2.75) is 67.6 Å². The zero-order chi connectivity index (χ0) is 24.6. The largest absolute Gasteiger partial charge is 0.481 e. The van der Waals surface area contributed by atoms with Crippen molar-refractivity contribution in [3.8, 4) is 5.88 Å². The van der Waals surface area contributed by atoms with Gasteiger partial charge in [-0.05, 0) is 37.3 Å². The maximum atomic E-state index is 13.5. The Morgan fingerprint density at radius 2 is 1.94 bits per heavy atom. The van der Waals surface area contributed by atoms with Crippen LogP contribution in [0.2, 0.25) is 0 Å². The molecule has 9 nitrogen and oxygen atoms in total. The number of ether oxygens (including phenoxy) is 1. The summed E-state index contributed by atoms with van der Waals surface area (Å²) in [6.45, 7) is 0. The summed E-state index contributed by atoms with van der Waals surface area (Å²) in [5, 5.41) is 2.86. The van der Waals surface area contributed by atoms with Crippen molar-refractivity contribution in [1.29, 1.82) is 0 Å². The number of pyridine rings is 2. The number of carbonyl (C=O) groups is 1. The highest BCUT2D eigenvalue weighted by Gasteiger charge is 2.37. The van der Waals surface area contributed by atoms with Crippen molar-refractivity contribution in [3.05, 3.63) is 40.8 Å². The van der Waals surface area contributed by atoms with Crippen LogP contribution in [0.15, 0.2) is 40.2 Å². The van der Waals surface area contributed by atoms with E-state index in [0.717, 1.165) is 31.7 Å². The third-order valence-electron chi connectivity index (χ3n) is 6.80. The number of anilines is 1. The zero-order valence-corrected chi connectivity index (χ0v) is 21.1. The van der Waals surface area contributed by atoms with Gasteiger partial charge in [0.25, 0.3) is 5.56 Å². The van der Waals surface area contributed by atoms with Crippen LogP contribution in [0.25, 0.3) is 10.3 Å². The van der Waals surface area contributed by atoms with Gasteiger partial charge in [-0.1, -0.05) is 43.4 Å². The second-order valence-corrected chi connectivity index (χ2v) is 12.5. The fraction of sp³-hybridized carbons (Fsp3) is 0.500. The molecule has 1 N–H and O–H groups in total. The van der Waals surface area contributed by atoms with Crippen molar-refractivity contribution in [1.82, 2.24) is 14.5 Å². The summed E-state index contributed by atoms with van der Waals surface area (Å²) in [6.07, 6.45) is 8.64. The van der Waals surface area contributed by atoms with E-state index in [-0.39, 0.29) is 10.8 Å². The Morgan fingerprint density at radius 3 is 2.63 bits per heavy atom. The second kappa shape index (κ2) is 9.69. The van der Waals surface area contributed by atoms with Gasteiger partial charge < -0.3 is 14.6 Å². The first-order valence-corrected chi connectivity index (χ1v) is 14.3. The number of hydrogen-bond acceptors (Lipinski definition) is 8. The summed E-state index contributed by atoms with van der Waals surface area (Å²) >= 11 is 1.23. The van der Waals surface area contributed by atoms with Crippen LogP contribution in [0.5, 0.6) is 5.88 Å². The molecular weight excluding hydrogens is 488 g/mol. The molecular formula is C24H28N4O5S2. The van der Waals surface area contributed by atoms with Crippen LogP contribution in [-0.2, 0) is 14.6 Å². The molecule has 186 valence electrons. The Bertz CT molecular complexity index is 1400. The van der Waals surface area contributed by atoms with Gasteiger partial charge in [0.15, 0.2) is 15.0 Å². The van der Waals surface area contributed by atoms with Gasteiger partial charge in [0.05, 0.1) is 17.3 Å². The average molecular weight is 517 g/mol. The fourth-order valence-electron chi connectivity index (χ4n) is 4.72. The number of carbonyl (C=O) groups excluding carboxylic acids is 1. The summed E-state index contributed by atoms with van der Waals surface area (Å²) in [6, 6.07) is 5.32. The number of thiazole rings is 1. The lowest BCUT2D eigenvalue weighted by Gasteiger charge is -2.27. The second-order valence-electron chi connectivity index (χ2n) is 9.29. The molecule has 2 saturated carbocycles. The van der Waals surface area contributed by atoms with Gasteiger partial charge in [0, 0.05) is 18.3 Å². The average Bonchev–Trinajstić information content (AvgIpc) is 3.64. The van der Waals surface area contributed by atoms with E-state index in [2.05, 4.69) is 15.3 Å². The standard InChI is InChI=1S/C24H28N4O5S2/c1-33-20-10-9-18-23(26-20)34-24(25-18)27-22(30)19(13-15-5-3-2-4-6-15)28-12-11-17(14-21(28)29)35(31,32)16-7-8-16/h9-12,14-16,19H,2-8,13H2,1H3,(H,25,27,30)/t19-/m1/s1. The van der Waals surface area contributed by atoms with E-state index < -0.39 is 26.7 Å². The van der Waals surface area contributed by atoms with Crippen LogP contribution < -0.4 is 15.6 Å². The van der Waals surface area contributed by atoms with E-state index in [0.29, 0.717) is 46.5 Å². The van der Waals surface area contributed by atoms with Gasteiger partial charge >= 0.3 is 0 Å². The van der Waals surface area contributed by atoms with Crippen LogP contribution in [0.3, 0.4) is 0 Å². The smallest absolute Gasteiger partial charge is 0.252 e. The van der Waals surface area contributed by atoms with E-state index in [4.69, 9.17) is 4.74 Å². The van der Waals surface area contributed by atoms with Crippen LogP contribution in [0.4, 0.5) is 5.13 Å². The lowest BCUT2D eigenvalue weighted by molar-refractivity contribution is -0.120. The number of nitrogens with one attached hydrogen (secondary N) is 1. The van der Waals surface area contributed by atoms with E-state index in [1.54, 1.807) is 12.1 Å². The summed E-state index contributed by atoms with van der Waals surface area (Å²) in [4.78, 5) is 36.0. The molecule has 0 saturated heterocycles. The number of methoxy groups -OCH3 is 1. The van der Waals surface area contributed by atoms with Crippen molar-refractivity contribution >= 4 is 42.6 Å². The quantitative estimate of drug-likeness (QED) is 0.481. The molecule has 35 heavy (non-hydrogen) atoms. The van der Waals surface area contributed by atoms with Gasteiger partial charge in [-0.3, -0.25) is 9.59 Å². The summed E-state index contributed by atoms with van der Waals surface area (Å²) < 4.78 is 31.7. The van der Waals surface area contributed by atoms with E-state index in [1.165, 1.54) is 41.7 Å². The number of fused-ring (bicyclic) bond motifs is 1. The number of amides is 1. The predicted molar refractivity (Wildman–Crippen MR) is 134 cm³/mol. The first-order chi connectivity index (χ1) is 16.8. The molecule has 2 aliphatic rings. The minimum Gasteiger partial charge on any atom is -0.481 e. The lowest BCUT2D eigenvalue weighted by Crippen LogP contribution is -2.35. The molecule has 3 aromatic rings. The van der Waals surface area contributed by atoms with Gasteiger partial charge in [-0.25, -0.2) is 18.4 Å². The minimum atomic E-state index is -3.49. The molecule has 0 unspecified atom stereocenters. The Balaban J connectivity index is 1.43. The fourth-order valence-corrected chi connectivity index (χ4v) is 7.21. The third-order valence-corrected chi connectivity index (χ3v) is 9.94. The van der Waals surface area contributed by atoms with Crippen LogP contribution in [0, 0.1) is 5.92 Å². The molecule has 3 aromatic heterocycles. The van der Waals surface area contributed by atoms with Crippen molar-refractivity contribution < 1.29 is 17.9 Å². The third kappa shape index (κ3) is 5.11. The summed E-state index contributed by atoms with van der Waals surface area (Å²) in [7, 11) is -1.95. The normalized spacial score (nSPS) is 17.9. The number of hydrogen-bond donors (Lipinski definition) is 1. The molecule has 0 bridgehead atoms. The van der Waals surface area contributed by atoms with E-state index >= 15 is 0 Å². The van der Waals surface area contributed by atoms with Gasteiger partial charge in [-0.15, -0.1) is 0 Å². The first kappa shape index (κ1) is 23.9. The topological polar surface area (TPSA) is 120 Å². The van der Waals surface area contributed by atoms with E-state index in [9.17, 15) is 18.0 Å². The highest BCUT2D eigenvalue weighted by Crippen LogP contribution is 2.34. The maximum absolute atomic E-state index is 13.5. The van der Waals surface area contributed by atoms with Crippen LogP contribution in [-0.4, -0.2) is 41.2 Å². The van der Waals surface area contributed by atoms with Crippen molar-refractivity contribution in [2.24, 2.45) is 5.92 Å². The molecule has 0 radical (unpaired) electrons. The van der Waals surface area contributed by atoms with E-state index in [1.807, 2.05) is 0 Å². The SMILES string of the molecule is COc1ccc2nc(NC(=O)[C@@H](CC3CCCCC3)n3ccc(S(=O)(=O)C4CC4)cc3=O)sc2n1. The number of nitrogens with zero attached hydrogens (tertiary/aromatic N) is 3. The minimum absolute atomic E-state index is 0.0317. The summed E-state index contributed by atoms with van der Waals surface area (Å²) in [5.74, 6) is 0.436. The summed E-state index contributed by atoms with van der Waals surface area (Å²) in [5.41, 5.74) is 0.153. The van der Waals surface area contributed by atoms with Gasteiger partial charge in [0.2, 0.25) is 11.8 Å². The van der Waals surface area contributed by atoms with Gasteiger partial charge in [0.1, 0.15) is 16.4 Å². The monoisotopic (exact) mass is 516 g/mol. The molecule has 1 atom stereocenters. The Morgan fingerprint density at radius 1 is 1.17 bits per heavy atom. The van der Waals surface area contributed by atoms with Gasteiger partial charge in [-0.2, -0.15) is 0 Å². The number of sulfone groups is 1. The predicted octanol–water partition coefficient (Wildman–Crippen LogP) is 3.95. The van der Waals surface area contributed by atoms with Crippen molar-refractivity contribution in [3.63, 3.8) is 0 Å². The number of aromatic nitrogens is 3. The Hall–Kier alpha value is -2.79. The van der Waals surface area contributed by atoms with Crippen LogP contribution in [0.1, 0.15) is 57.4 Å². The van der Waals surface area contributed by atoms with Crippen molar-refractivity contribution in [2.75, 3.05) is 12.4 Å². The zero-order valence-electron chi connectivity index (χ0n) is 19.5. The molecule has 0 spiro atoms. The Kier molecular flexibility index (Phi) is 6.63. The number of rotatable bonds is 8. The Labute approximate surface area is 207 Å². The molecule has 2 fully saturated rings. The lowest BCUT2D eigenvalue weighted by atomic mass is 9.84. The molecule has 2 aliphatic carbocycles. The highest BCUT2D eigenvalue weighted by molar-refractivity contribution is 7.92. The molecule has 0 aliphatic heterocycles. The molecule has 5 rings (SSSR count). The molecule has 1 amide bonds. The van der Waals surface area contributed by atoms with Crippen LogP contribution >= 0.6 is 11.3 Å².